The molecule has 0 bridgehead atoms. The molecule has 1 unspecified atom stereocenters. The predicted octanol–water partition coefficient (Wildman–Crippen LogP) is 3.43. The minimum Gasteiger partial charge on any atom is -0.497 e. The number of hydrogen-bond donors (Lipinski definition) is 1. The first-order chi connectivity index (χ1) is 13.2. The molecule has 0 saturated heterocycles. The van der Waals surface area contributed by atoms with Gasteiger partial charge in [0.1, 0.15) is 5.75 Å². The summed E-state index contributed by atoms with van der Waals surface area (Å²) in [6, 6.07) is 14.7. The molecule has 0 saturated carbocycles. The summed E-state index contributed by atoms with van der Waals surface area (Å²) >= 11 is 0. The fourth-order valence-corrected chi connectivity index (χ4v) is 3.90. The highest BCUT2D eigenvalue weighted by Crippen LogP contribution is 2.20. The molecule has 0 fully saturated rings. The summed E-state index contributed by atoms with van der Waals surface area (Å²) in [7, 11) is -1.81. The maximum absolute atomic E-state index is 12.3. The normalized spacial score (nSPS) is 12.3. The lowest BCUT2D eigenvalue weighted by Gasteiger charge is -2.23. The second-order valence-corrected chi connectivity index (χ2v) is 8.75. The van der Waals surface area contributed by atoms with E-state index in [1.807, 2.05) is 56.3 Å². The van der Waals surface area contributed by atoms with Gasteiger partial charge in [0, 0.05) is 13.0 Å². The first kappa shape index (κ1) is 21.8. The van der Waals surface area contributed by atoms with Crippen molar-refractivity contribution in [1.29, 1.82) is 0 Å². The molecule has 28 heavy (non-hydrogen) atoms. The van der Waals surface area contributed by atoms with Gasteiger partial charge in [-0.05, 0) is 55.7 Å². The van der Waals surface area contributed by atoms with Gasteiger partial charge in [-0.15, -0.1) is 0 Å². The number of amides is 1. The van der Waals surface area contributed by atoms with Crippen LogP contribution in [0.5, 0.6) is 5.75 Å². The number of benzene rings is 2. The Morgan fingerprint density at radius 1 is 1.18 bits per heavy atom. The van der Waals surface area contributed by atoms with Crippen LogP contribution >= 0.6 is 0 Å². The molecule has 2 aromatic carbocycles. The van der Waals surface area contributed by atoms with E-state index >= 15 is 0 Å². The van der Waals surface area contributed by atoms with Crippen LogP contribution in [0.1, 0.15) is 36.9 Å². The Kier molecular flexibility index (Phi) is 7.45. The predicted molar refractivity (Wildman–Crippen MR) is 112 cm³/mol. The minimum absolute atomic E-state index is 0.110. The van der Waals surface area contributed by atoms with Gasteiger partial charge in [-0.1, -0.05) is 24.3 Å². The van der Waals surface area contributed by atoms with Crippen LogP contribution in [0.4, 0.5) is 5.69 Å². The SMILES string of the molecule is COc1ccc(C(C)NC(=O)CCCN(c2cccc(C)c2)S(C)(=O)=O)cc1. The number of hydrogen-bond acceptors (Lipinski definition) is 4. The number of sulfonamides is 1. The topological polar surface area (TPSA) is 75.7 Å². The summed E-state index contributed by atoms with van der Waals surface area (Å²) in [6.45, 7) is 4.08. The summed E-state index contributed by atoms with van der Waals surface area (Å²) in [4.78, 5) is 12.3. The lowest BCUT2D eigenvalue weighted by molar-refractivity contribution is -0.121. The van der Waals surface area contributed by atoms with Crippen molar-refractivity contribution in [3.8, 4) is 5.75 Å². The second-order valence-electron chi connectivity index (χ2n) is 6.84. The molecule has 0 heterocycles. The smallest absolute Gasteiger partial charge is 0.232 e. The number of ether oxygens (including phenoxy) is 1. The highest BCUT2D eigenvalue weighted by Gasteiger charge is 2.18. The van der Waals surface area contributed by atoms with Crippen LogP contribution in [0.2, 0.25) is 0 Å². The van der Waals surface area contributed by atoms with Crippen LogP contribution in [0, 0.1) is 6.92 Å². The molecule has 0 aliphatic rings. The molecule has 0 aliphatic carbocycles. The molecule has 6 nitrogen and oxygen atoms in total. The maximum atomic E-state index is 12.3. The van der Waals surface area contributed by atoms with Crippen LogP contribution in [0.25, 0.3) is 0 Å². The molecule has 2 aromatic rings. The number of nitrogens with zero attached hydrogens (tertiary/aromatic N) is 1. The average molecular weight is 405 g/mol. The molecule has 152 valence electrons. The average Bonchev–Trinajstić information content (AvgIpc) is 2.64. The van der Waals surface area contributed by atoms with Crippen molar-refractivity contribution >= 4 is 21.6 Å². The Hall–Kier alpha value is -2.54. The number of aryl methyl sites for hydroxylation is 1. The van der Waals surface area contributed by atoms with Crippen molar-refractivity contribution in [2.75, 3.05) is 24.2 Å². The summed E-state index contributed by atoms with van der Waals surface area (Å²) in [5, 5.41) is 2.95. The molecule has 1 N–H and O–H groups in total. The zero-order chi connectivity index (χ0) is 20.7. The van der Waals surface area contributed by atoms with E-state index in [-0.39, 0.29) is 24.9 Å². The molecule has 1 atom stereocenters. The van der Waals surface area contributed by atoms with Crippen LogP contribution in [0.15, 0.2) is 48.5 Å². The van der Waals surface area contributed by atoms with Gasteiger partial charge >= 0.3 is 0 Å². The first-order valence-electron chi connectivity index (χ1n) is 9.18. The van der Waals surface area contributed by atoms with Crippen molar-refractivity contribution in [3.63, 3.8) is 0 Å². The molecule has 0 aliphatic heterocycles. The minimum atomic E-state index is -3.42. The largest absolute Gasteiger partial charge is 0.497 e. The maximum Gasteiger partial charge on any atom is 0.232 e. The van der Waals surface area contributed by atoms with Crippen LogP contribution in [-0.2, 0) is 14.8 Å². The van der Waals surface area contributed by atoms with Crippen LogP contribution < -0.4 is 14.4 Å². The zero-order valence-corrected chi connectivity index (χ0v) is 17.6. The monoisotopic (exact) mass is 404 g/mol. The highest BCUT2D eigenvalue weighted by atomic mass is 32.2. The van der Waals surface area contributed by atoms with E-state index in [1.54, 1.807) is 13.2 Å². The van der Waals surface area contributed by atoms with Crippen molar-refractivity contribution in [2.24, 2.45) is 0 Å². The van der Waals surface area contributed by atoms with E-state index in [4.69, 9.17) is 4.74 Å². The lowest BCUT2D eigenvalue weighted by Crippen LogP contribution is -2.32. The molecular formula is C21H28N2O4S. The van der Waals surface area contributed by atoms with Crippen molar-refractivity contribution in [3.05, 3.63) is 59.7 Å². The Bertz CT molecular complexity index is 895. The van der Waals surface area contributed by atoms with E-state index in [0.717, 1.165) is 16.9 Å². The van der Waals surface area contributed by atoms with E-state index in [9.17, 15) is 13.2 Å². The zero-order valence-electron chi connectivity index (χ0n) is 16.8. The van der Waals surface area contributed by atoms with Gasteiger partial charge in [-0.3, -0.25) is 9.10 Å². The van der Waals surface area contributed by atoms with Gasteiger partial charge in [0.2, 0.25) is 15.9 Å². The fraction of sp³-hybridized carbons (Fsp3) is 0.381. The highest BCUT2D eigenvalue weighted by molar-refractivity contribution is 7.92. The van der Waals surface area contributed by atoms with E-state index < -0.39 is 10.0 Å². The Labute approximate surface area is 167 Å². The standard InChI is InChI=1S/C21H28N2O4S/c1-16-7-5-8-19(15-16)23(28(4,25)26)14-6-9-21(24)22-17(2)18-10-12-20(27-3)13-11-18/h5,7-8,10-13,15,17H,6,9,14H2,1-4H3,(H,22,24). The van der Waals surface area contributed by atoms with E-state index in [0.29, 0.717) is 12.1 Å². The third-order valence-electron chi connectivity index (χ3n) is 4.45. The molecule has 0 spiro atoms. The Balaban J connectivity index is 1.91. The van der Waals surface area contributed by atoms with Gasteiger partial charge < -0.3 is 10.1 Å². The van der Waals surface area contributed by atoms with Crippen molar-refractivity contribution in [1.82, 2.24) is 5.32 Å². The van der Waals surface area contributed by atoms with E-state index in [2.05, 4.69) is 5.32 Å². The van der Waals surface area contributed by atoms with Crippen LogP contribution in [0.3, 0.4) is 0 Å². The third-order valence-corrected chi connectivity index (χ3v) is 5.64. The van der Waals surface area contributed by atoms with E-state index in [1.165, 1.54) is 10.6 Å². The molecular weight excluding hydrogens is 376 g/mol. The van der Waals surface area contributed by atoms with Gasteiger partial charge in [0.15, 0.2) is 0 Å². The van der Waals surface area contributed by atoms with Gasteiger partial charge in [0.25, 0.3) is 0 Å². The number of carbonyl (C=O) groups excluding carboxylic acids is 1. The molecule has 7 heteroatoms. The quantitative estimate of drug-likeness (QED) is 0.695. The fourth-order valence-electron chi connectivity index (χ4n) is 2.94. The third kappa shape index (κ3) is 6.27. The lowest BCUT2D eigenvalue weighted by atomic mass is 10.1. The summed E-state index contributed by atoms with van der Waals surface area (Å²) in [5.74, 6) is 0.653. The molecule has 0 aromatic heterocycles. The first-order valence-corrected chi connectivity index (χ1v) is 11.0. The summed E-state index contributed by atoms with van der Waals surface area (Å²) < 4.78 is 30.8. The van der Waals surface area contributed by atoms with Gasteiger partial charge in [0.05, 0.1) is 25.1 Å². The number of nitrogens with one attached hydrogen (secondary N) is 1. The molecule has 0 radical (unpaired) electrons. The Morgan fingerprint density at radius 2 is 1.86 bits per heavy atom. The number of carbonyl (C=O) groups is 1. The van der Waals surface area contributed by atoms with Gasteiger partial charge in [-0.25, -0.2) is 8.42 Å². The molecule has 2 rings (SSSR count). The summed E-state index contributed by atoms with van der Waals surface area (Å²) in [6.07, 6.45) is 1.86. The second kappa shape index (κ2) is 9.59. The van der Waals surface area contributed by atoms with Crippen LogP contribution in [-0.4, -0.2) is 34.2 Å². The Morgan fingerprint density at radius 3 is 2.43 bits per heavy atom. The van der Waals surface area contributed by atoms with Crippen molar-refractivity contribution < 1.29 is 17.9 Å². The van der Waals surface area contributed by atoms with Crippen molar-refractivity contribution in [2.45, 2.75) is 32.7 Å². The number of methoxy groups -OCH3 is 1. The number of anilines is 1. The summed E-state index contributed by atoms with van der Waals surface area (Å²) in [5.41, 5.74) is 2.58. The number of rotatable bonds is 9. The molecule has 1 amide bonds. The van der Waals surface area contributed by atoms with Gasteiger partial charge in [-0.2, -0.15) is 0 Å².